The SMILES string of the molecule is CCCC(NN)c1cnn(-c2ccccc2)n1. The standard InChI is InChI=1S/C12H17N5/c1-2-6-11(15-13)12-9-14-17(16-12)10-7-4-3-5-8-10/h3-5,7-9,11,15H,2,6,13H2,1H3. The van der Waals surface area contributed by atoms with Gasteiger partial charge in [-0.15, -0.1) is 0 Å². The molecule has 2 aromatic rings. The van der Waals surface area contributed by atoms with E-state index in [1.54, 1.807) is 11.0 Å². The van der Waals surface area contributed by atoms with E-state index in [1.807, 2.05) is 30.3 Å². The van der Waals surface area contributed by atoms with Gasteiger partial charge in [0.05, 0.1) is 17.9 Å². The quantitative estimate of drug-likeness (QED) is 0.605. The van der Waals surface area contributed by atoms with Crippen LogP contribution in [0.2, 0.25) is 0 Å². The molecule has 1 unspecified atom stereocenters. The average Bonchev–Trinajstić information content (AvgIpc) is 2.86. The summed E-state index contributed by atoms with van der Waals surface area (Å²) in [5.74, 6) is 5.51. The number of rotatable bonds is 5. The van der Waals surface area contributed by atoms with E-state index in [4.69, 9.17) is 5.84 Å². The molecular weight excluding hydrogens is 214 g/mol. The zero-order chi connectivity index (χ0) is 12.1. The van der Waals surface area contributed by atoms with Gasteiger partial charge in [-0.1, -0.05) is 31.5 Å². The molecule has 0 fully saturated rings. The molecular formula is C12H17N5. The maximum atomic E-state index is 5.51. The summed E-state index contributed by atoms with van der Waals surface area (Å²) < 4.78 is 0. The second kappa shape index (κ2) is 5.56. The zero-order valence-corrected chi connectivity index (χ0v) is 9.87. The molecule has 0 aliphatic carbocycles. The molecule has 3 N–H and O–H groups in total. The van der Waals surface area contributed by atoms with Gasteiger partial charge in [0.25, 0.3) is 0 Å². The van der Waals surface area contributed by atoms with Gasteiger partial charge >= 0.3 is 0 Å². The second-order valence-corrected chi connectivity index (χ2v) is 3.90. The van der Waals surface area contributed by atoms with E-state index in [0.717, 1.165) is 24.2 Å². The molecule has 90 valence electrons. The van der Waals surface area contributed by atoms with Crippen molar-refractivity contribution in [3.63, 3.8) is 0 Å². The first-order chi connectivity index (χ1) is 8.35. The molecule has 2 rings (SSSR count). The average molecular weight is 231 g/mol. The minimum absolute atomic E-state index is 0.0671. The molecule has 1 heterocycles. The third-order valence-electron chi connectivity index (χ3n) is 2.63. The summed E-state index contributed by atoms with van der Waals surface area (Å²) in [6, 6.07) is 9.89. The summed E-state index contributed by atoms with van der Waals surface area (Å²) in [5, 5.41) is 8.68. The summed E-state index contributed by atoms with van der Waals surface area (Å²) >= 11 is 0. The van der Waals surface area contributed by atoms with E-state index in [1.165, 1.54) is 0 Å². The van der Waals surface area contributed by atoms with E-state index in [9.17, 15) is 0 Å². The first kappa shape index (κ1) is 11.8. The van der Waals surface area contributed by atoms with Crippen LogP contribution in [0.15, 0.2) is 36.5 Å². The number of hydrogen-bond donors (Lipinski definition) is 2. The van der Waals surface area contributed by atoms with Crippen molar-refractivity contribution in [3.8, 4) is 5.69 Å². The maximum absolute atomic E-state index is 5.51. The highest BCUT2D eigenvalue weighted by atomic mass is 15.5. The van der Waals surface area contributed by atoms with Crippen LogP contribution in [0.1, 0.15) is 31.5 Å². The Kier molecular flexibility index (Phi) is 3.85. The number of nitrogens with zero attached hydrogens (tertiary/aromatic N) is 3. The molecule has 5 heteroatoms. The van der Waals surface area contributed by atoms with Crippen LogP contribution in [0.3, 0.4) is 0 Å². The van der Waals surface area contributed by atoms with Crippen molar-refractivity contribution in [1.29, 1.82) is 0 Å². The molecule has 0 aliphatic rings. The van der Waals surface area contributed by atoms with Gasteiger partial charge in [-0.3, -0.25) is 11.3 Å². The number of nitrogens with one attached hydrogen (secondary N) is 1. The Morgan fingerprint density at radius 3 is 2.76 bits per heavy atom. The number of hydrazine groups is 1. The molecule has 1 atom stereocenters. The smallest absolute Gasteiger partial charge is 0.101 e. The van der Waals surface area contributed by atoms with Crippen LogP contribution in [0.4, 0.5) is 0 Å². The Morgan fingerprint density at radius 1 is 1.35 bits per heavy atom. The molecule has 5 nitrogen and oxygen atoms in total. The fourth-order valence-electron chi connectivity index (χ4n) is 1.73. The van der Waals surface area contributed by atoms with E-state index in [0.29, 0.717) is 0 Å². The van der Waals surface area contributed by atoms with Crippen molar-refractivity contribution >= 4 is 0 Å². The third-order valence-corrected chi connectivity index (χ3v) is 2.63. The fourth-order valence-corrected chi connectivity index (χ4v) is 1.73. The molecule has 0 spiro atoms. The lowest BCUT2D eigenvalue weighted by Gasteiger charge is -2.10. The largest absolute Gasteiger partial charge is 0.271 e. The number of benzene rings is 1. The topological polar surface area (TPSA) is 68.8 Å². The second-order valence-electron chi connectivity index (χ2n) is 3.90. The zero-order valence-electron chi connectivity index (χ0n) is 9.87. The highest BCUT2D eigenvalue weighted by Gasteiger charge is 2.12. The molecule has 0 amide bonds. The van der Waals surface area contributed by atoms with Crippen LogP contribution < -0.4 is 11.3 Å². The number of hydrogen-bond acceptors (Lipinski definition) is 4. The summed E-state index contributed by atoms with van der Waals surface area (Å²) in [5.41, 5.74) is 4.59. The van der Waals surface area contributed by atoms with Crippen LogP contribution in [0.25, 0.3) is 5.69 Å². The maximum Gasteiger partial charge on any atom is 0.101 e. The third kappa shape index (κ3) is 2.69. The first-order valence-corrected chi connectivity index (χ1v) is 5.79. The molecule has 1 aromatic heterocycles. The Balaban J connectivity index is 2.21. The Morgan fingerprint density at radius 2 is 2.12 bits per heavy atom. The van der Waals surface area contributed by atoms with Crippen LogP contribution in [-0.2, 0) is 0 Å². The monoisotopic (exact) mass is 231 g/mol. The highest BCUT2D eigenvalue weighted by Crippen LogP contribution is 2.15. The van der Waals surface area contributed by atoms with Gasteiger partial charge in [0.1, 0.15) is 5.69 Å². The van der Waals surface area contributed by atoms with Crippen molar-refractivity contribution in [2.45, 2.75) is 25.8 Å². The molecule has 0 bridgehead atoms. The minimum atomic E-state index is 0.0671. The van der Waals surface area contributed by atoms with Crippen molar-refractivity contribution < 1.29 is 0 Å². The van der Waals surface area contributed by atoms with Gasteiger partial charge in [-0.25, -0.2) is 0 Å². The van der Waals surface area contributed by atoms with Crippen LogP contribution in [-0.4, -0.2) is 15.0 Å². The normalized spacial score (nSPS) is 12.6. The first-order valence-electron chi connectivity index (χ1n) is 5.79. The van der Waals surface area contributed by atoms with Gasteiger partial charge < -0.3 is 0 Å². The van der Waals surface area contributed by atoms with Gasteiger partial charge in [0, 0.05) is 0 Å². The van der Waals surface area contributed by atoms with Gasteiger partial charge in [0.2, 0.25) is 0 Å². The lowest BCUT2D eigenvalue weighted by Crippen LogP contribution is -2.28. The molecule has 0 saturated heterocycles. The molecule has 0 radical (unpaired) electrons. The van der Waals surface area contributed by atoms with E-state index in [2.05, 4.69) is 22.5 Å². The highest BCUT2D eigenvalue weighted by molar-refractivity contribution is 5.28. The minimum Gasteiger partial charge on any atom is -0.271 e. The Labute approximate surface area is 101 Å². The predicted octanol–water partition coefficient (Wildman–Crippen LogP) is 1.57. The van der Waals surface area contributed by atoms with Crippen LogP contribution in [0, 0.1) is 0 Å². The lowest BCUT2D eigenvalue weighted by molar-refractivity contribution is 0.494. The predicted molar refractivity (Wildman–Crippen MR) is 66.3 cm³/mol. The van der Waals surface area contributed by atoms with Gasteiger partial charge in [0.15, 0.2) is 0 Å². The van der Waals surface area contributed by atoms with E-state index < -0.39 is 0 Å². The van der Waals surface area contributed by atoms with Crippen molar-refractivity contribution in [2.24, 2.45) is 5.84 Å². The number of aromatic nitrogens is 3. The van der Waals surface area contributed by atoms with E-state index in [-0.39, 0.29) is 6.04 Å². The fraction of sp³-hybridized carbons (Fsp3) is 0.333. The number of para-hydroxylation sites is 1. The van der Waals surface area contributed by atoms with Gasteiger partial charge in [-0.2, -0.15) is 15.0 Å². The van der Waals surface area contributed by atoms with Crippen molar-refractivity contribution in [2.75, 3.05) is 0 Å². The van der Waals surface area contributed by atoms with Crippen molar-refractivity contribution in [1.82, 2.24) is 20.4 Å². The molecule has 0 aliphatic heterocycles. The van der Waals surface area contributed by atoms with Crippen LogP contribution >= 0.6 is 0 Å². The van der Waals surface area contributed by atoms with Crippen LogP contribution in [0.5, 0.6) is 0 Å². The molecule has 0 saturated carbocycles. The summed E-state index contributed by atoms with van der Waals surface area (Å²) in [6.45, 7) is 2.12. The summed E-state index contributed by atoms with van der Waals surface area (Å²) in [4.78, 5) is 1.62. The van der Waals surface area contributed by atoms with Gasteiger partial charge in [-0.05, 0) is 18.6 Å². The van der Waals surface area contributed by atoms with E-state index >= 15 is 0 Å². The Hall–Kier alpha value is -1.72. The molecule has 17 heavy (non-hydrogen) atoms. The Bertz CT molecular complexity index is 451. The van der Waals surface area contributed by atoms with Crippen molar-refractivity contribution in [3.05, 3.63) is 42.2 Å². The summed E-state index contributed by atoms with van der Waals surface area (Å²) in [7, 11) is 0. The lowest BCUT2D eigenvalue weighted by atomic mass is 10.1. The summed E-state index contributed by atoms with van der Waals surface area (Å²) in [6.07, 6.45) is 3.75. The number of nitrogens with two attached hydrogens (primary N) is 1. The molecule has 1 aromatic carbocycles.